The van der Waals surface area contributed by atoms with Crippen molar-refractivity contribution in [1.29, 1.82) is 0 Å². The molecule has 0 N–H and O–H groups in total. The molecule has 0 atom stereocenters. The van der Waals surface area contributed by atoms with Crippen LogP contribution in [-0.2, 0) is 0 Å². The van der Waals surface area contributed by atoms with E-state index in [4.69, 9.17) is 4.52 Å². The molecule has 4 heteroatoms. The highest BCUT2D eigenvalue weighted by molar-refractivity contribution is 5.72. The second-order valence-corrected chi connectivity index (χ2v) is 2.89. The van der Waals surface area contributed by atoms with E-state index >= 15 is 0 Å². The molecule has 0 aliphatic heterocycles. The zero-order valence-corrected chi connectivity index (χ0v) is 7.60. The Hall–Kier alpha value is -1.97. The summed E-state index contributed by atoms with van der Waals surface area (Å²) in [6, 6.07) is 9.34. The first-order valence-corrected chi connectivity index (χ1v) is 4.18. The number of aryl methyl sites for hydroxylation is 1. The van der Waals surface area contributed by atoms with Gasteiger partial charge in [-0.3, -0.25) is 0 Å². The monoisotopic (exact) mass is 188 g/mol. The van der Waals surface area contributed by atoms with Crippen LogP contribution in [0, 0.1) is 11.8 Å². The first-order valence-electron chi connectivity index (χ1n) is 4.18. The lowest BCUT2D eigenvalue weighted by molar-refractivity contribution is 0.400. The van der Waals surface area contributed by atoms with Gasteiger partial charge in [-0.1, -0.05) is 35.5 Å². The second kappa shape index (κ2) is 3.41. The van der Waals surface area contributed by atoms with Crippen LogP contribution >= 0.6 is 0 Å². The minimum atomic E-state index is 0.274. The molecule has 0 aliphatic carbocycles. The van der Waals surface area contributed by atoms with E-state index in [9.17, 15) is 4.91 Å². The standard InChI is InChI=1S/C10H8N2O2/c1-7-9(11-13)10(12-14-7)8-5-3-2-4-6-8/h2-6H,1H3. The smallest absolute Gasteiger partial charge is 0.178 e. The van der Waals surface area contributed by atoms with Crippen LogP contribution in [0.25, 0.3) is 11.3 Å². The van der Waals surface area contributed by atoms with Crippen molar-refractivity contribution in [2.75, 3.05) is 0 Å². The van der Waals surface area contributed by atoms with Crippen molar-refractivity contribution in [3.63, 3.8) is 0 Å². The molecular weight excluding hydrogens is 180 g/mol. The van der Waals surface area contributed by atoms with Gasteiger partial charge < -0.3 is 4.52 Å². The minimum absolute atomic E-state index is 0.274. The SMILES string of the molecule is Cc1onc(-c2ccccc2)c1N=O. The van der Waals surface area contributed by atoms with E-state index in [-0.39, 0.29) is 5.69 Å². The van der Waals surface area contributed by atoms with E-state index in [0.29, 0.717) is 11.5 Å². The van der Waals surface area contributed by atoms with Gasteiger partial charge in [-0.15, -0.1) is 4.91 Å². The lowest BCUT2D eigenvalue weighted by Gasteiger charge is -1.93. The Morgan fingerprint density at radius 2 is 2.00 bits per heavy atom. The Morgan fingerprint density at radius 1 is 1.29 bits per heavy atom. The summed E-state index contributed by atoms with van der Waals surface area (Å²) in [5.74, 6) is 0.443. The first kappa shape index (κ1) is 8.62. The Balaban J connectivity index is 2.57. The molecule has 0 spiro atoms. The van der Waals surface area contributed by atoms with Crippen molar-refractivity contribution >= 4 is 5.69 Å². The quantitative estimate of drug-likeness (QED) is 0.680. The molecule has 1 heterocycles. The van der Waals surface area contributed by atoms with E-state index in [1.54, 1.807) is 6.92 Å². The number of nitrogens with zero attached hydrogens (tertiary/aromatic N) is 2. The summed E-state index contributed by atoms with van der Waals surface area (Å²) in [4.78, 5) is 10.5. The van der Waals surface area contributed by atoms with Crippen LogP contribution in [0.4, 0.5) is 5.69 Å². The fourth-order valence-electron chi connectivity index (χ4n) is 1.26. The summed E-state index contributed by atoms with van der Waals surface area (Å²) in [6.07, 6.45) is 0. The van der Waals surface area contributed by atoms with Gasteiger partial charge in [-0.05, 0) is 12.1 Å². The van der Waals surface area contributed by atoms with Crippen molar-refractivity contribution < 1.29 is 4.52 Å². The summed E-state index contributed by atoms with van der Waals surface area (Å²) >= 11 is 0. The molecule has 2 rings (SSSR count). The normalized spacial score (nSPS) is 10.1. The van der Waals surface area contributed by atoms with Crippen molar-refractivity contribution in [3.05, 3.63) is 41.0 Å². The van der Waals surface area contributed by atoms with Crippen molar-refractivity contribution in [2.24, 2.45) is 5.18 Å². The van der Waals surface area contributed by atoms with Gasteiger partial charge in [0.25, 0.3) is 0 Å². The number of benzene rings is 1. The van der Waals surface area contributed by atoms with Crippen LogP contribution in [0.3, 0.4) is 0 Å². The highest BCUT2D eigenvalue weighted by Crippen LogP contribution is 2.31. The van der Waals surface area contributed by atoms with Gasteiger partial charge in [0.2, 0.25) is 0 Å². The van der Waals surface area contributed by atoms with Gasteiger partial charge in [0.1, 0.15) is 5.69 Å². The molecule has 2 aromatic rings. The summed E-state index contributed by atoms with van der Waals surface area (Å²) < 4.78 is 4.90. The summed E-state index contributed by atoms with van der Waals surface area (Å²) in [5, 5.41) is 6.69. The molecule has 0 fully saturated rings. The van der Waals surface area contributed by atoms with Crippen LogP contribution < -0.4 is 0 Å². The molecule has 0 saturated carbocycles. The molecule has 14 heavy (non-hydrogen) atoms. The molecule has 1 aromatic carbocycles. The predicted molar refractivity (Wildman–Crippen MR) is 52.1 cm³/mol. The third-order valence-corrected chi connectivity index (χ3v) is 1.97. The molecule has 0 aliphatic rings. The molecule has 0 radical (unpaired) electrons. The maximum atomic E-state index is 10.5. The van der Waals surface area contributed by atoms with Gasteiger partial charge in [0, 0.05) is 5.56 Å². The predicted octanol–water partition coefficient (Wildman–Crippen LogP) is 3.05. The van der Waals surface area contributed by atoms with Gasteiger partial charge in [-0.2, -0.15) is 0 Å². The fourth-order valence-corrected chi connectivity index (χ4v) is 1.26. The van der Waals surface area contributed by atoms with Crippen LogP contribution in [-0.4, -0.2) is 5.16 Å². The lowest BCUT2D eigenvalue weighted by atomic mass is 10.1. The average Bonchev–Trinajstić information content (AvgIpc) is 2.61. The van der Waals surface area contributed by atoms with Gasteiger partial charge in [0.05, 0.1) is 0 Å². The second-order valence-electron chi connectivity index (χ2n) is 2.89. The van der Waals surface area contributed by atoms with Crippen LogP contribution in [0.1, 0.15) is 5.76 Å². The van der Waals surface area contributed by atoms with E-state index in [1.807, 2.05) is 30.3 Å². The van der Waals surface area contributed by atoms with Gasteiger partial charge in [0.15, 0.2) is 11.4 Å². The van der Waals surface area contributed by atoms with E-state index in [1.165, 1.54) is 0 Å². The molecule has 1 aromatic heterocycles. The van der Waals surface area contributed by atoms with Gasteiger partial charge >= 0.3 is 0 Å². The Kier molecular flexibility index (Phi) is 2.10. The van der Waals surface area contributed by atoms with Crippen molar-refractivity contribution in [1.82, 2.24) is 5.16 Å². The maximum absolute atomic E-state index is 10.5. The first-order chi connectivity index (χ1) is 6.83. The minimum Gasteiger partial charge on any atom is -0.359 e. The summed E-state index contributed by atoms with van der Waals surface area (Å²) in [5.41, 5.74) is 1.60. The molecular formula is C10H8N2O2. The van der Waals surface area contributed by atoms with E-state index < -0.39 is 0 Å². The van der Waals surface area contributed by atoms with E-state index in [0.717, 1.165) is 5.56 Å². The highest BCUT2D eigenvalue weighted by Gasteiger charge is 2.14. The lowest BCUT2D eigenvalue weighted by Crippen LogP contribution is -1.75. The summed E-state index contributed by atoms with van der Waals surface area (Å²) in [7, 11) is 0. The third-order valence-electron chi connectivity index (χ3n) is 1.97. The molecule has 0 saturated heterocycles. The van der Waals surface area contributed by atoms with Crippen molar-refractivity contribution in [2.45, 2.75) is 6.92 Å². The van der Waals surface area contributed by atoms with Crippen LogP contribution in [0.15, 0.2) is 40.0 Å². The Morgan fingerprint density at radius 3 is 2.64 bits per heavy atom. The number of hydrogen-bond acceptors (Lipinski definition) is 4. The highest BCUT2D eigenvalue weighted by atomic mass is 16.5. The maximum Gasteiger partial charge on any atom is 0.178 e. The number of nitroso groups, excluding NO2 is 1. The molecule has 0 amide bonds. The van der Waals surface area contributed by atoms with Crippen LogP contribution in [0.5, 0.6) is 0 Å². The zero-order valence-electron chi connectivity index (χ0n) is 7.60. The number of aromatic nitrogens is 1. The Labute approximate surface area is 80.5 Å². The Bertz CT molecular complexity index is 448. The fraction of sp³-hybridized carbons (Fsp3) is 0.100. The largest absolute Gasteiger partial charge is 0.359 e. The average molecular weight is 188 g/mol. The molecule has 4 nitrogen and oxygen atoms in total. The molecule has 0 bridgehead atoms. The number of hydrogen-bond donors (Lipinski definition) is 0. The van der Waals surface area contributed by atoms with Crippen LogP contribution in [0.2, 0.25) is 0 Å². The number of rotatable bonds is 2. The molecule has 0 unspecified atom stereocenters. The van der Waals surface area contributed by atoms with Crippen molar-refractivity contribution in [3.8, 4) is 11.3 Å². The zero-order chi connectivity index (χ0) is 9.97. The molecule has 70 valence electrons. The summed E-state index contributed by atoms with van der Waals surface area (Å²) in [6.45, 7) is 1.66. The van der Waals surface area contributed by atoms with E-state index in [2.05, 4.69) is 10.3 Å². The third kappa shape index (κ3) is 1.31. The van der Waals surface area contributed by atoms with Gasteiger partial charge in [-0.25, -0.2) is 0 Å². The topological polar surface area (TPSA) is 55.5 Å².